The molecule has 2 N–H and O–H groups in total. The van der Waals surface area contributed by atoms with Gasteiger partial charge in [-0.2, -0.15) is 5.10 Å². The predicted molar refractivity (Wildman–Crippen MR) is 108 cm³/mol. The summed E-state index contributed by atoms with van der Waals surface area (Å²) >= 11 is 1.56. The molecule has 2 amide bonds. The Balaban J connectivity index is 1.60. The minimum Gasteiger partial charge on any atom is -0.369 e. The van der Waals surface area contributed by atoms with Crippen molar-refractivity contribution in [3.8, 4) is 16.3 Å². The third-order valence-electron chi connectivity index (χ3n) is 4.76. The van der Waals surface area contributed by atoms with Crippen LogP contribution >= 0.6 is 11.3 Å². The first kappa shape index (κ1) is 18.4. The number of piperazine rings is 1. The number of nitrogens with two attached hydrogens (primary N) is 1. The summed E-state index contributed by atoms with van der Waals surface area (Å²) in [5, 5.41) is 6.68. The number of para-hydroxylation sites is 1. The Kier molecular flexibility index (Phi) is 5.23. The lowest BCUT2D eigenvalue weighted by atomic mass is 10.1. The maximum Gasteiger partial charge on any atom is 0.257 e. The molecule has 3 heterocycles. The fourth-order valence-corrected chi connectivity index (χ4v) is 4.06. The Labute approximate surface area is 167 Å². The number of carbonyl (C=O) groups is 2. The van der Waals surface area contributed by atoms with Gasteiger partial charge in [-0.1, -0.05) is 24.3 Å². The molecule has 0 unspecified atom stereocenters. The fraction of sp³-hybridized carbons (Fsp3) is 0.250. The summed E-state index contributed by atoms with van der Waals surface area (Å²) in [4.78, 5) is 29.1. The van der Waals surface area contributed by atoms with E-state index in [1.54, 1.807) is 16.0 Å². The molecule has 3 aromatic rings. The minimum absolute atomic E-state index is 0.0377. The average molecular weight is 395 g/mol. The van der Waals surface area contributed by atoms with Gasteiger partial charge in [0.25, 0.3) is 5.91 Å². The first-order valence-electron chi connectivity index (χ1n) is 9.11. The van der Waals surface area contributed by atoms with Gasteiger partial charge in [0.1, 0.15) is 5.69 Å². The highest BCUT2D eigenvalue weighted by Gasteiger charge is 2.27. The van der Waals surface area contributed by atoms with Crippen molar-refractivity contribution in [1.29, 1.82) is 0 Å². The van der Waals surface area contributed by atoms with Crippen molar-refractivity contribution in [3.05, 3.63) is 59.6 Å². The average Bonchev–Trinajstić information content (AvgIpc) is 3.38. The quantitative estimate of drug-likeness (QED) is 0.714. The molecule has 1 saturated heterocycles. The van der Waals surface area contributed by atoms with E-state index in [0.717, 1.165) is 10.6 Å². The normalized spacial score (nSPS) is 14.9. The monoisotopic (exact) mass is 395 g/mol. The van der Waals surface area contributed by atoms with Crippen molar-refractivity contribution < 1.29 is 9.59 Å². The van der Waals surface area contributed by atoms with Crippen LogP contribution in [0.1, 0.15) is 10.4 Å². The predicted octanol–water partition coefficient (Wildman–Crippen LogP) is 1.84. The highest BCUT2D eigenvalue weighted by Crippen LogP contribution is 2.29. The molecule has 28 heavy (non-hydrogen) atoms. The number of primary amides is 1. The highest BCUT2D eigenvalue weighted by atomic mass is 32.1. The van der Waals surface area contributed by atoms with Crippen LogP contribution in [0.5, 0.6) is 0 Å². The first-order chi connectivity index (χ1) is 13.6. The second-order valence-electron chi connectivity index (χ2n) is 6.68. The lowest BCUT2D eigenvalue weighted by Gasteiger charge is -2.33. The molecule has 1 fully saturated rings. The van der Waals surface area contributed by atoms with E-state index < -0.39 is 0 Å². The molecule has 0 spiro atoms. The number of carbonyl (C=O) groups excluding carboxylic acids is 2. The third-order valence-corrected chi connectivity index (χ3v) is 5.64. The van der Waals surface area contributed by atoms with Crippen LogP contribution in [0.2, 0.25) is 0 Å². The number of rotatable bonds is 5. The fourth-order valence-electron chi connectivity index (χ4n) is 3.34. The summed E-state index contributed by atoms with van der Waals surface area (Å²) in [5.74, 6) is -0.381. The molecule has 8 heteroatoms. The van der Waals surface area contributed by atoms with E-state index in [2.05, 4.69) is 0 Å². The molecule has 0 radical (unpaired) electrons. The summed E-state index contributed by atoms with van der Waals surface area (Å²) in [6.45, 7) is 2.62. The van der Waals surface area contributed by atoms with Gasteiger partial charge >= 0.3 is 0 Å². The minimum atomic E-state index is -0.344. The Morgan fingerprint density at radius 3 is 2.43 bits per heavy atom. The molecule has 0 saturated carbocycles. The molecule has 4 rings (SSSR count). The van der Waals surface area contributed by atoms with Crippen LogP contribution in [0.4, 0.5) is 0 Å². The Bertz CT molecular complexity index is 960. The molecule has 0 atom stereocenters. The third kappa shape index (κ3) is 3.83. The zero-order chi connectivity index (χ0) is 19.5. The van der Waals surface area contributed by atoms with E-state index in [0.29, 0.717) is 37.4 Å². The summed E-state index contributed by atoms with van der Waals surface area (Å²) in [7, 11) is 0. The summed E-state index contributed by atoms with van der Waals surface area (Å²) in [6.07, 6.45) is 1.81. The van der Waals surface area contributed by atoms with Crippen LogP contribution in [0.15, 0.2) is 54.0 Å². The number of nitrogens with zero attached hydrogens (tertiary/aromatic N) is 4. The van der Waals surface area contributed by atoms with Gasteiger partial charge in [0.15, 0.2) is 0 Å². The van der Waals surface area contributed by atoms with E-state index in [9.17, 15) is 9.59 Å². The number of aromatic nitrogens is 2. The summed E-state index contributed by atoms with van der Waals surface area (Å²) in [6, 6.07) is 13.7. The van der Waals surface area contributed by atoms with Gasteiger partial charge in [-0.25, -0.2) is 4.68 Å². The van der Waals surface area contributed by atoms with Crippen molar-refractivity contribution in [2.45, 2.75) is 0 Å². The molecule has 0 aliphatic carbocycles. The van der Waals surface area contributed by atoms with Gasteiger partial charge in [-0.05, 0) is 23.6 Å². The van der Waals surface area contributed by atoms with Crippen molar-refractivity contribution in [2.24, 2.45) is 5.73 Å². The molecular weight excluding hydrogens is 374 g/mol. The molecule has 1 aliphatic rings. The first-order valence-corrected chi connectivity index (χ1v) is 9.98. The zero-order valence-corrected chi connectivity index (χ0v) is 16.1. The second kappa shape index (κ2) is 7.95. The molecular formula is C20H21N5O2S. The number of thiophene rings is 1. The molecule has 1 aliphatic heterocycles. The summed E-state index contributed by atoms with van der Waals surface area (Å²) < 4.78 is 1.76. The van der Waals surface area contributed by atoms with Crippen LogP contribution in [0.25, 0.3) is 16.3 Å². The summed E-state index contributed by atoms with van der Waals surface area (Å²) in [5.41, 5.74) is 7.47. The van der Waals surface area contributed by atoms with E-state index in [4.69, 9.17) is 10.8 Å². The van der Waals surface area contributed by atoms with E-state index in [-0.39, 0.29) is 18.4 Å². The molecule has 1 aromatic carbocycles. The Morgan fingerprint density at radius 1 is 1.04 bits per heavy atom. The van der Waals surface area contributed by atoms with Crippen molar-refractivity contribution in [2.75, 3.05) is 32.7 Å². The number of amides is 2. The largest absolute Gasteiger partial charge is 0.369 e. The highest BCUT2D eigenvalue weighted by molar-refractivity contribution is 7.13. The van der Waals surface area contributed by atoms with Gasteiger partial charge < -0.3 is 10.6 Å². The van der Waals surface area contributed by atoms with E-state index in [1.165, 1.54) is 0 Å². The van der Waals surface area contributed by atoms with Crippen LogP contribution in [-0.2, 0) is 4.79 Å². The van der Waals surface area contributed by atoms with Crippen molar-refractivity contribution in [3.63, 3.8) is 0 Å². The molecule has 2 aromatic heterocycles. The molecule has 7 nitrogen and oxygen atoms in total. The Morgan fingerprint density at radius 2 is 1.79 bits per heavy atom. The van der Waals surface area contributed by atoms with Crippen LogP contribution in [-0.4, -0.2) is 64.1 Å². The van der Waals surface area contributed by atoms with Crippen molar-refractivity contribution >= 4 is 23.2 Å². The lowest BCUT2D eigenvalue weighted by molar-refractivity contribution is -0.119. The van der Waals surface area contributed by atoms with Gasteiger partial charge in [-0.15, -0.1) is 11.3 Å². The van der Waals surface area contributed by atoms with Crippen LogP contribution in [0.3, 0.4) is 0 Å². The van der Waals surface area contributed by atoms with Gasteiger partial charge in [0.05, 0.1) is 22.7 Å². The number of hydrogen-bond donors (Lipinski definition) is 1. The Hall–Kier alpha value is -2.97. The van der Waals surface area contributed by atoms with Crippen molar-refractivity contribution in [1.82, 2.24) is 19.6 Å². The smallest absolute Gasteiger partial charge is 0.257 e. The molecule has 0 bridgehead atoms. The van der Waals surface area contributed by atoms with E-state index in [1.807, 2.05) is 63.8 Å². The zero-order valence-electron chi connectivity index (χ0n) is 15.3. The van der Waals surface area contributed by atoms with Gasteiger partial charge in [-0.3, -0.25) is 14.5 Å². The lowest BCUT2D eigenvalue weighted by Crippen LogP contribution is -2.50. The van der Waals surface area contributed by atoms with Gasteiger partial charge in [0.2, 0.25) is 5.91 Å². The number of hydrogen-bond acceptors (Lipinski definition) is 5. The number of benzene rings is 1. The second-order valence-corrected chi connectivity index (χ2v) is 7.63. The van der Waals surface area contributed by atoms with Crippen LogP contribution in [0, 0.1) is 0 Å². The molecule has 144 valence electrons. The maximum atomic E-state index is 13.3. The topological polar surface area (TPSA) is 84.5 Å². The van der Waals surface area contributed by atoms with Crippen LogP contribution < -0.4 is 5.73 Å². The van der Waals surface area contributed by atoms with Gasteiger partial charge in [0, 0.05) is 32.4 Å². The van der Waals surface area contributed by atoms with E-state index >= 15 is 0 Å². The standard InChI is InChI=1S/C20H21N5O2S/c21-18(26)14-23-8-10-24(11-9-23)20(27)16-13-25(15-5-2-1-3-6-15)22-19(16)17-7-4-12-28-17/h1-7,12-13H,8-11,14H2,(H2,21,26). The maximum absolute atomic E-state index is 13.3. The SMILES string of the molecule is NC(=O)CN1CCN(C(=O)c2cn(-c3ccccc3)nc2-c2cccs2)CC1.